The van der Waals surface area contributed by atoms with Gasteiger partial charge in [-0.2, -0.15) is 0 Å². The summed E-state index contributed by atoms with van der Waals surface area (Å²) in [7, 11) is 0. The Morgan fingerprint density at radius 2 is 1.67 bits per heavy atom. The van der Waals surface area contributed by atoms with E-state index >= 15 is 0 Å². The van der Waals surface area contributed by atoms with Gasteiger partial charge in [0.15, 0.2) is 6.10 Å². The van der Waals surface area contributed by atoms with Gasteiger partial charge in [-0.3, -0.25) is 0 Å². The minimum atomic E-state index is -0.985. The lowest BCUT2D eigenvalue weighted by Gasteiger charge is -2.26. The molecule has 0 aromatic heterocycles. The molecule has 0 heterocycles. The predicted molar refractivity (Wildman–Crippen MR) is 154 cm³/mol. The zero-order chi connectivity index (χ0) is 28.8. The summed E-state index contributed by atoms with van der Waals surface area (Å²) in [5.74, 6) is -0.345. The second-order valence-corrected chi connectivity index (χ2v) is 11.2. The molecule has 2 aromatic rings. The number of amides is 2. The molecule has 2 aromatic carbocycles. The quantitative estimate of drug-likeness (QED) is 0.233. The molecule has 0 radical (unpaired) electrons. The number of carboxylic acid groups (broad SMARTS) is 1. The fraction of sp³-hybridized carbons (Fsp3) is 0.517. The van der Waals surface area contributed by atoms with E-state index in [1.54, 1.807) is 30.0 Å². The molecule has 1 atom stereocenters. The minimum Gasteiger partial charge on any atom is -0.492 e. The molecule has 0 aliphatic heterocycles. The zero-order valence-electron chi connectivity index (χ0n) is 23.2. The van der Waals surface area contributed by atoms with Gasteiger partial charge in [-0.1, -0.05) is 56.1 Å². The predicted octanol–water partition coefficient (Wildman–Crippen LogP) is 6.07. The van der Waals surface area contributed by atoms with E-state index in [9.17, 15) is 14.7 Å². The van der Waals surface area contributed by atoms with Crippen molar-refractivity contribution >= 4 is 35.2 Å². The number of nitrogens with one attached hydrogen (secondary N) is 1. The molecule has 0 bridgehead atoms. The van der Waals surface area contributed by atoms with Crippen LogP contribution in [0, 0.1) is 5.41 Å². The summed E-state index contributed by atoms with van der Waals surface area (Å²) in [5.41, 5.74) is 1.69. The van der Waals surface area contributed by atoms with E-state index in [2.05, 4.69) is 26.1 Å². The van der Waals surface area contributed by atoms with Crippen LogP contribution in [0.2, 0.25) is 10.0 Å². The number of halogens is 2. The Bertz CT molecular complexity index is 1020. The van der Waals surface area contributed by atoms with E-state index in [4.69, 9.17) is 37.4 Å². The van der Waals surface area contributed by atoms with Crippen molar-refractivity contribution in [3.05, 3.63) is 63.6 Å². The summed E-state index contributed by atoms with van der Waals surface area (Å²) in [6, 6.07) is 12.4. The van der Waals surface area contributed by atoms with Gasteiger partial charge in [-0.05, 0) is 60.2 Å². The number of aliphatic carboxylic acids is 1. The highest BCUT2D eigenvalue weighted by molar-refractivity contribution is 6.34. The maximum absolute atomic E-state index is 12.9. The van der Waals surface area contributed by atoms with Crippen LogP contribution in [0.4, 0.5) is 4.79 Å². The fourth-order valence-corrected chi connectivity index (χ4v) is 4.21. The molecule has 2 amide bonds. The average molecular weight is 584 g/mol. The highest BCUT2D eigenvalue weighted by atomic mass is 35.5. The van der Waals surface area contributed by atoms with Crippen LogP contribution in [-0.2, 0) is 27.3 Å². The summed E-state index contributed by atoms with van der Waals surface area (Å²) < 4.78 is 16.9. The second-order valence-electron chi connectivity index (χ2n) is 10.4. The van der Waals surface area contributed by atoms with E-state index in [0.29, 0.717) is 68.3 Å². The SMILES string of the molecule is CCOC(Cc1ccc(OCCN(CCCOCc2cc(Cl)cc(Cl)c2)C(=O)NCC(C)(C)C)cc1)C(=O)O. The standard InChI is InChI=1S/C29H40Cl2N2O6/c1-5-38-26(27(34)35)17-21-7-9-25(10-8-21)39-14-12-33(28(36)32-20-29(2,3)4)11-6-13-37-19-22-15-23(30)18-24(31)16-22/h7-10,15-16,18,26H,5-6,11-14,17,19-20H2,1-4H3,(H,32,36)(H,34,35). The highest BCUT2D eigenvalue weighted by Crippen LogP contribution is 2.20. The molecular formula is C29H40Cl2N2O6. The number of carbonyl (C=O) groups excluding carboxylic acids is 1. The highest BCUT2D eigenvalue weighted by Gasteiger charge is 2.19. The lowest BCUT2D eigenvalue weighted by atomic mass is 9.97. The van der Waals surface area contributed by atoms with Crippen molar-refractivity contribution in [1.29, 1.82) is 0 Å². The van der Waals surface area contributed by atoms with E-state index in [1.165, 1.54) is 0 Å². The average Bonchev–Trinajstić information content (AvgIpc) is 2.85. The molecule has 8 nitrogen and oxygen atoms in total. The lowest BCUT2D eigenvalue weighted by Crippen LogP contribution is -2.45. The number of hydrogen-bond acceptors (Lipinski definition) is 5. The van der Waals surface area contributed by atoms with E-state index < -0.39 is 12.1 Å². The molecule has 0 spiro atoms. The van der Waals surface area contributed by atoms with Gasteiger partial charge in [-0.25, -0.2) is 9.59 Å². The van der Waals surface area contributed by atoms with E-state index in [0.717, 1.165) is 11.1 Å². The number of hydrogen-bond donors (Lipinski definition) is 2. The molecule has 2 N–H and O–H groups in total. The van der Waals surface area contributed by atoms with Crippen molar-refractivity contribution in [1.82, 2.24) is 10.2 Å². The van der Waals surface area contributed by atoms with Crippen LogP contribution in [0.3, 0.4) is 0 Å². The minimum absolute atomic E-state index is 0.0390. The van der Waals surface area contributed by atoms with Gasteiger partial charge in [0.2, 0.25) is 0 Å². The van der Waals surface area contributed by atoms with Gasteiger partial charge in [0, 0.05) is 42.8 Å². The molecule has 0 aliphatic carbocycles. The van der Waals surface area contributed by atoms with Crippen molar-refractivity contribution < 1.29 is 28.9 Å². The third kappa shape index (κ3) is 13.4. The maximum Gasteiger partial charge on any atom is 0.333 e. The molecule has 2 rings (SSSR count). The Balaban J connectivity index is 1.85. The van der Waals surface area contributed by atoms with E-state index in [1.807, 2.05) is 24.3 Å². The maximum atomic E-state index is 12.9. The first kappa shape index (κ1) is 32.7. The molecule has 0 saturated carbocycles. The summed E-state index contributed by atoms with van der Waals surface area (Å²) in [6.07, 6.45) is 0.0444. The molecule has 0 aliphatic rings. The van der Waals surface area contributed by atoms with Crippen LogP contribution in [0.15, 0.2) is 42.5 Å². The van der Waals surface area contributed by atoms with Gasteiger partial charge in [0.05, 0.1) is 13.2 Å². The smallest absolute Gasteiger partial charge is 0.333 e. The number of benzene rings is 2. The van der Waals surface area contributed by atoms with Crippen molar-refractivity contribution in [2.45, 2.75) is 53.2 Å². The molecule has 0 fully saturated rings. The van der Waals surface area contributed by atoms with Gasteiger partial charge >= 0.3 is 12.0 Å². The Morgan fingerprint density at radius 1 is 1.00 bits per heavy atom. The molecule has 0 saturated heterocycles. The molecule has 10 heteroatoms. The normalized spacial score (nSPS) is 12.2. The van der Waals surface area contributed by atoms with Crippen molar-refractivity contribution in [2.24, 2.45) is 5.41 Å². The van der Waals surface area contributed by atoms with Gasteiger partial charge in [0.1, 0.15) is 12.4 Å². The number of ether oxygens (including phenoxy) is 3. The number of urea groups is 1. The topological polar surface area (TPSA) is 97.3 Å². The summed E-state index contributed by atoms with van der Waals surface area (Å²) in [5, 5.41) is 13.4. The Kier molecular flexibility index (Phi) is 13.9. The van der Waals surface area contributed by atoms with Crippen LogP contribution in [-0.4, -0.2) is 67.6 Å². The Morgan fingerprint density at radius 3 is 2.26 bits per heavy atom. The first-order valence-electron chi connectivity index (χ1n) is 13.1. The fourth-order valence-electron chi connectivity index (χ4n) is 3.64. The number of rotatable bonds is 16. The number of carbonyl (C=O) groups is 2. The van der Waals surface area contributed by atoms with Crippen molar-refractivity contribution in [3.8, 4) is 5.75 Å². The van der Waals surface area contributed by atoms with Crippen LogP contribution in [0.5, 0.6) is 5.75 Å². The van der Waals surface area contributed by atoms with Crippen LogP contribution < -0.4 is 10.1 Å². The van der Waals surface area contributed by atoms with Crippen LogP contribution in [0.25, 0.3) is 0 Å². The second kappa shape index (κ2) is 16.6. The Hall–Kier alpha value is -2.52. The first-order valence-corrected chi connectivity index (χ1v) is 13.8. The molecular weight excluding hydrogens is 543 g/mol. The van der Waals surface area contributed by atoms with E-state index in [-0.39, 0.29) is 17.9 Å². The molecule has 216 valence electrons. The van der Waals surface area contributed by atoms with Gasteiger partial charge in [-0.15, -0.1) is 0 Å². The molecule has 1 unspecified atom stereocenters. The first-order chi connectivity index (χ1) is 18.5. The lowest BCUT2D eigenvalue weighted by molar-refractivity contribution is -0.149. The monoisotopic (exact) mass is 582 g/mol. The summed E-state index contributed by atoms with van der Waals surface area (Å²) in [6.45, 7) is 10.9. The summed E-state index contributed by atoms with van der Waals surface area (Å²) >= 11 is 12.1. The zero-order valence-corrected chi connectivity index (χ0v) is 24.7. The van der Waals surface area contributed by atoms with Crippen LogP contribution >= 0.6 is 23.2 Å². The van der Waals surface area contributed by atoms with Crippen molar-refractivity contribution in [2.75, 3.05) is 39.5 Å². The summed E-state index contributed by atoms with van der Waals surface area (Å²) in [4.78, 5) is 25.9. The third-order valence-electron chi connectivity index (χ3n) is 5.58. The van der Waals surface area contributed by atoms with Gasteiger partial charge in [0.25, 0.3) is 0 Å². The molecule has 39 heavy (non-hydrogen) atoms. The van der Waals surface area contributed by atoms with Crippen molar-refractivity contribution in [3.63, 3.8) is 0 Å². The number of nitrogens with zero attached hydrogens (tertiary/aromatic N) is 1. The largest absolute Gasteiger partial charge is 0.492 e. The Labute approximate surface area is 241 Å². The van der Waals surface area contributed by atoms with Crippen LogP contribution in [0.1, 0.15) is 45.2 Å². The van der Waals surface area contributed by atoms with Gasteiger partial charge < -0.3 is 29.5 Å². The third-order valence-corrected chi connectivity index (χ3v) is 6.02. The number of carboxylic acids is 1.